The summed E-state index contributed by atoms with van der Waals surface area (Å²) in [7, 11) is 6.30. The lowest BCUT2D eigenvalue weighted by molar-refractivity contribution is -0.139. The van der Waals surface area contributed by atoms with Gasteiger partial charge in [-0.3, -0.25) is 28.4 Å². The largest absolute Gasteiger partial charge is 0.419 e. The van der Waals surface area contributed by atoms with Crippen molar-refractivity contribution in [1.29, 1.82) is 0 Å². The van der Waals surface area contributed by atoms with Crippen LogP contribution in [0.25, 0.3) is 0 Å². The first-order chi connectivity index (χ1) is 51.3. The normalized spacial score (nSPS) is 16.2. The number of benzene rings is 3. The summed E-state index contributed by atoms with van der Waals surface area (Å²) in [5.74, 6) is -2.10. The maximum atomic E-state index is 13.7. The Hall–Kier alpha value is -9.81. The second kappa shape index (κ2) is 35.9. The lowest BCUT2D eigenvalue weighted by atomic mass is 9.92. The zero-order valence-electron chi connectivity index (χ0n) is 61.5. The lowest BCUT2D eigenvalue weighted by Gasteiger charge is -2.28. The Bertz CT molecular complexity index is 4050. The van der Waals surface area contributed by atoms with Crippen molar-refractivity contribution in [2.45, 2.75) is 171 Å². The number of alkyl halides is 9. The SMILES string of the molecule is CC(C(N)=O)c1ccccc1CCc1nc(Cc2cnn(C3CCN(C)CC3)c2)ncc1C(F)(F)F.C[C@@H](C(N)=O)c1ccccc1CCc1nc(Cc2cnn(C3CCN(C)CC3)c2)ncc1C(F)(F)F.C[C@H](C(N)=O)c1ccccc1CCc1nc(Cc2cnn(C3CCN(C)CC3)c2)ncc1C(F)(F)F. The number of piperidine rings is 3. The highest BCUT2D eigenvalue weighted by molar-refractivity contribution is 5.83. The number of nitrogens with zero attached hydrogens (tertiary/aromatic N) is 15. The minimum atomic E-state index is -4.56. The van der Waals surface area contributed by atoms with Crippen molar-refractivity contribution in [1.82, 2.24) is 73.9 Å². The van der Waals surface area contributed by atoms with Crippen molar-refractivity contribution < 1.29 is 53.9 Å². The molecule has 6 N–H and O–H groups in total. The molecule has 0 saturated carbocycles. The predicted molar refractivity (Wildman–Crippen MR) is 388 cm³/mol. The fourth-order valence-corrected chi connectivity index (χ4v) is 14.0. The molecule has 21 nitrogen and oxygen atoms in total. The van der Waals surface area contributed by atoms with Crippen molar-refractivity contribution >= 4 is 17.7 Å². The first kappa shape index (κ1) is 80.7. The van der Waals surface area contributed by atoms with Gasteiger partial charge in [-0.1, -0.05) is 72.8 Å². The van der Waals surface area contributed by atoms with E-state index >= 15 is 0 Å². The number of amides is 3. The molecule has 6 aromatic heterocycles. The Labute approximate surface area is 622 Å². The highest BCUT2D eigenvalue weighted by atomic mass is 19.4. The predicted octanol–water partition coefficient (Wildman–Crippen LogP) is 11.8. The molecule has 9 aromatic rings. The molecule has 1 unspecified atom stereocenters. The van der Waals surface area contributed by atoms with Crippen LogP contribution in [0.1, 0.15) is 196 Å². The van der Waals surface area contributed by atoms with Gasteiger partial charge in [0.25, 0.3) is 0 Å². The summed E-state index contributed by atoms with van der Waals surface area (Å²) in [6.45, 7) is 11.1. The van der Waals surface area contributed by atoms with Crippen LogP contribution in [0.2, 0.25) is 0 Å². The zero-order valence-corrected chi connectivity index (χ0v) is 61.5. The molecular weight excluding hydrogens is 1410 g/mol. The third-order valence-electron chi connectivity index (χ3n) is 20.6. The van der Waals surface area contributed by atoms with Gasteiger partial charge in [0.05, 0.1) is 88.2 Å². The van der Waals surface area contributed by atoms with E-state index in [1.165, 1.54) is 0 Å². The summed E-state index contributed by atoms with van der Waals surface area (Å²) < 4.78 is 129. The van der Waals surface area contributed by atoms with E-state index in [0.717, 1.165) is 130 Å². The van der Waals surface area contributed by atoms with Gasteiger partial charge in [0, 0.05) is 56.4 Å². The fourth-order valence-electron chi connectivity index (χ4n) is 14.0. The molecule has 12 rings (SSSR count). The molecule has 3 aliphatic rings. The number of hydrogen-bond acceptors (Lipinski definition) is 15. The van der Waals surface area contributed by atoms with Gasteiger partial charge >= 0.3 is 18.5 Å². The van der Waals surface area contributed by atoms with Crippen LogP contribution in [0.3, 0.4) is 0 Å². The Morgan fingerprint density at radius 2 is 0.630 bits per heavy atom. The van der Waals surface area contributed by atoms with Crippen LogP contribution in [0.15, 0.2) is 129 Å². The molecule has 576 valence electrons. The van der Waals surface area contributed by atoms with E-state index < -0.39 is 70.7 Å². The Kier molecular flexibility index (Phi) is 26.9. The number of carbonyl (C=O) groups is 3. The molecule has 3 atom stereocenters. The minimum absolute atomic E-state index is 0.0573. The zero-order chi connectivity index (χ0) is 77.6. The van der Waals surface area contributed by atoms with E-state index in [9.17, 15) is 53.9 Å². The molecule has 9 heterocycles. The number of carbonyl (C=O) groups excluding carboxylic acids is 3. The van der Waals surface area contributed by atoms with Gasteiger partial charge in [-0.15, -0.1) is 0 Å². The maximum absolute atomic E-state index is 13.7. The summed E-state index contributed by atoms with van der Waals surface area (Å²) in [5.41, 5.74) is 20.7. The standard InChI is InChI=1S/3C26H31F3N6O/c3*1-17(25(30)36)21-6-4-3-5-19(21)7-8-23-22(26(27,28)29)15-31-24(33-23)13-18-14-32-35(16-18)20-9-11-34(2)12-10-20/h3*3-6,14-17,20H,7-13H2,1-2H3,(H2,30,36)/t2*17-;/m10./s1. The average molecular weight is 1500 g/mol. The molecule has 0 aliphatic carbocycles. The van der Waals surface area contributed by atoms with Crippen molar-refractivity contribution in [2.75, 3.05) is 60.4 Å². The quantitative estimate of drug-likeness (QED) is 0.0475. The Balaban J connectivity index is 0.000000173. The third kappa shape index (κ3) is 21.7. The summed E-state index contributed by atoms with van der Waals surface area (Å²) in [5, 5.41) is 13.4. The second-order valence-electron chi connectivity index (χ2n) is 28.5. The summed E-state index contributed by atoms with van der Waals surface area (Å²) in [4.78, 5) is 67.0. The molecule has 0 bridgehead atoms. The first-order valence-electron chi connectivity index (χ1n) is 36.4. The first-order valence-corrected chi connectivity index (χ1v) is 36.4. The number of primary amides is 3. The maximum Gasteiger partial charge on any atom is 0.419 e. The summed E-state index contributed by atoms with van der Waals surface area (Å²) in [6, 6.07) is 22.5. The van der Waals surface area contributed by atoms with Crippen molar-refractivity contribution in [3.63, 3.8) is 0 Å². The van der Waals surface area contributed by atoms with Gasteiger partial charge < -0.3 is 31.9 Å². The Morgan fingerprint density at radius 1 is 0.389 bits per heavy atom. The van der Waals surface area contributed by atoms with Crippen LogP contribution in [-0.4, -0.2) is 152 Å². The van der Waals surface area contributed by atoms with Crippen LogP contribution in [0.5, 0.6) is 0 Å². The Morgan fingerprint density at radius 3 is 0.861 bits per heavy atom. The van der Waals surface area contributed by atoms with Crippen molar-refractivity contribution in [2.24, 2.45) is 17.2 Å². The van der Waals surface area contributed by atoms with E-state index in [0.29, 0.717) is 90.8 Å². The van der Waals surface area contributed by atoms with Crippen molar-refractivity contribution in [3.05, 3.63) is 230 Å². The molecule has 30 heteroatoms. The molecule has 3 saturated heterocycles. The number of aryl methyl sites for hydroxylation is 6. The molecule has 3 fully saturated rings. The van der Waals surface area contributed by atoms with E-state index in [1.807, 2.05) is 50.8 Å². The number of hydrogen-bond donors (Lipinski definition) is 3. The molecule has 108 heavy (non-hydrogen) atoms. The minimum Gasteiger partial charge on any atom is -0.369 e. The topological polar surface area (TPSA) is 270 Å². The van der Waals surface area contributed by atoms with E-state index in [1.54, 1.807) is 94.0 Å². The molecule has 3 aliphatic heterocycles. The number of nitrogens with two attached hydrogens (primary N) is 3. The van der Waals surface area contributed by atoms with Gasteiger partial charge in [0.2, 0.25) is 17.7 Å². The van der Waals surface area contributed by atoms with Gasteiger partial charge in [-0.25, -0.2) is 29.9 Å². The second-order valence-corrected chi connectivity index (χ2v) is 28.5. The average Bonchev–Trinajstić information content (AvgIpc) is 0.895. The third-order valence-corrected chi connectivity index (χ3v) is 20.6. The van der Waals surface area contributed by atoms with Crippen LogP contribution in [0, 0.1) is 0 Å². The molecule has 3 amide bonds. The highest BCUT2D eigenvalue weighted by Crippen LogP contribution is 2.36. The van der Waals surface area contributed by atoms with Gasteiger partial charge in [0.1, 0.15) is 17.5 Å². The highest BCUT2D eigenvalue weighted by Gasteiger charge is 2.38. The smallest absolute Gasteiger partial charge is 0.369 e. The monoisotopic (exact) mass is 1500 g/mol. The van der Waals surface area contributed by atoms with Gasteiger partial charge in [0.15, 0.2) is 0 Å². The van der Waals surface area contributed by atoms with Crippen LogP contribution in [0.4, 0.5) is 39.5 Å². The lowest BCUT2D eigenvalue weighted by Crippen LogP contribution is -2.31. The van der Waals surface area contributed by atoms with Gasteiger partial charge in [-0.05, 0) is 208 Å². The van der Waals surface area contributed by atoms with E-state index in [4.69, 9.17) is 17.2 Å². The van der Waals surface area contributed by atoms with E-state index in [2.05, 4.69) is 81.0 Å². The fraction of sp³-hybridized carbons (Fsp3) is 0.462. The van der Waals surface area contributed by atoms with Crippen molar-refractivity contribution in [3.8, 4) is 0 Å². The van der Waals surface area contributed by atoms with Gasteiger partial charge in [-0.2, -0.15) is 54.8 Å². The number of likely N-dealkylation sites (tertiary alicyclic amines) is 3. The summed E-state index contributed by atoms with van der Waals surface area (Å²) in [6.07, 6.45) is 7.96. The number of halogens is 9. The molecular formula is C78H93F9N18O3. The summed E-state index contributed by atoms with van der Waals surface area (Å²) >= 11 is 0. The molecule has 3 aromatic carbocycles. The number of aromatic nitrogens is 12. The van der Waals surface area contributed by atoms with Crippen LogP contribution in [-0.2, 0) is 90.7 Å². The molecule has 0 radical (unpaired) electrons. The van der Waals surface area contributed by atoms with E-state index in [-0.39, 0.29) is 36.3 Å². The van der Waals surface area contributed by atoms with Crippen LogP contribution < -0.4 is 17.2 Å². The molecule has 0 spiro atoms. The number of rotatable bonds is 24. The van der Waals surface area contributed by atoms with Crippen LogP contribution >= 0.6 is 0 Å².